The van der Waals surface area contributed by atoms with Crippen molar-refractivity contribution in [3.63, 3.8) is 0 Å². The number of nitrogens with zero attached hydrogens (tertiary/aromatic N) is 1. The number of benzene rings is 2. The number of urea groups is 1. The fraction of sp³-hybridized carbons (Fsp3) is 0.360. The Kier molecular flexibility index (Phi) is 9.13. The van der Waals surface area contributed by atoms with Gasteiger partial charge in [0.2, 0.25) is 0 Å². The van der Waals surface area contributed by atoms with Crippen LogP contribution in [0.15, 0.2) is 54.1 Å². The van der Waals surface area contributed by atoms with Crippen molar-refractivity contribution in [3.05, 3.63) is 59.7 Å². The Balaban J connectivity index is 2.00. The van der Waals surface area contributed by atoms with E-state index in [-0.39, 0.29) is 6.03 Å². The van der Waals surface area contributed by atoms with Crippen molar-refractivity contribution >= 4 is 23.8 Å². The molecule has 0 radical (unpaired) electrons. The minimum absolute atomic E-state index is 0.104. The largest absolute Gasteiger partial charge is 0.478 e. The van der Waals surface area contributed by atoms with Crippen LogP contribution < -0.4 is 10.2 Å². The Morgan fingerprint density at radius 3 is 2.37 bits per heavy atom. The number of carbonyl (C=O) groups is 2. The van der Waals surface area contributed by atoms with E-state index in [1.165, 1.54) is 19.3 Å². The highest BCUT2D eigenvalue weighted by Gasteiger charge is 2.11. The summed E-state index contributed by atoms with van der Waals surface area (Å²) in [7, 11) is 1.77. The van der Waals surface area contributed by atoms with E-state index >= 15 is 0 Å². The SMILES string of the molecule is CCCCCCCNC(=O)N(C)c1cccc(-c2ccc(/C=C(\C)C(=O)O)cc2)c1. The van der Waals surface area contributed by atoms with Gasteiger partial charge < -0.3 is 10.4 Å². The molecule has 2 aromatic rings. The van der Waals surface area contributed by atoms with E-state index in [2.05, 4.69) is 12.2 Å². The fourth-order valence-electron chi connectivity index (χ4n) is 3.14. The van der Waals surface area contributed by atoms with Crippen LogP contribution in [0.2, 0.25) is 0 Å². The van der Waals surface area contributed by atoms with Gasteiger partial charge in [-0.15, -0.1) is 0 Å². The maximum atomic E-state index is 12.4. The molecule has 0 aliphatic carbocycles. The first-order valence-corrected chi connectivity index (χ1v) is 10.6. The molecule has 0 atom stereocenters. The fourth-order valence-corrected chi connectivity index (χ4v) is 3.14. The lowest BCUT2D eigenvalue weighted by molar-refractivity contribution is -0.132. The summed E-state index contributed by atoms with van der Waals surface area (Å²) in [6.07, 6.45) is 7.47. The molecule has 30 heavy (non-hydrogen) atoms. The summed E-state index contributed by atoms with van der Waals surface area (Å²) >= 11 is 0. The first-order valence-electron chi connectivity index (χ1n) is 10.6. The van der Waals surface area contributed by atoms with E-state index in [1.807, 2.05) is 48.5 Å². The lowest BCUT2D eigenvalue weighted by Gasteiger charge is -2.19. The highest BCUT2D eigenvalue weighted by molar-refractivity contribution is 5.92. The van der Waals surface area contributed by atoms with Crippen LogP contribution in [-0.4, -0.2) is 30.7 Å². The highest BCUT2D eigenvalue weighted by Crippen LogP contribution is 2.25. The number of amides is 2. The molecule has 0 spiro atoms. The smallest absolute Gasteiger partial charge is 0.331 e. The molecule has 0 saturated carbocycles. The zero-order chi connectivity index (χ0) is 21.9. The Morgan fingerprint density at radius 2 is 1.70 bits per heavy atom. The first-order chi connectivity index (χ1) is 14.4. The molecule has 2 N–H and O–H groups in total. The van der Waals surface area contributed by atoms with Gasteiger partial charge in [-0.2, -0.15) is 0 Å². The van der Waals surface area contributed by atoms with Crippen LogP contribution in [0.4, 0.5) is 10.5 Å². The van der Waals surface area contributed by atoms with E-state index in [0.29, 0.717) is 12.1 Å². The molecule has 160 valence electrons. The Hall–Kier alpha value is -3.08. The van der Waals surface area contributed by atoms with Crippen molar-refractivity contribution in [3.8, 4) is 11.1 Å². The number of rotatable bonds is 10. The molecule has 5 heteroatoms. The van der Waals surface area contributed by atoms with E-state index in [4.69, 9.17) is 5.11 Å². The van der Waals surface area contributed by atoms with Crippen molar-refractivity contribution in [1.82, 2.24) is 5.32 Å². The monoisotopic (exact) mass is 408 g/mol. The Morgan fingerprint density at radius 1 is 1.00 bits per heavy atom. The number of carboxylic acid groups (broad SMARTS) is 1. The lowest BCUT2D eigenvalue weighted by Crippen LogP contribution is -2.37. The number of aliphatic carboxylic acids is 1. The normalized spacial score (nSPS) is 11.2. The molecule has 0 aromatic heterocycles. The molecule has 0 heterocycles. The van der Waals surface area contributed by atoms with E-state index in [9.17, 15) is 9.59 Å². The summed E-state index contributed by atoms with van der Waals surface area (Å²) < 4.78 is 0. The second kappa shape index (κ2) is 11.8. The molecule has 0 aliphatic heterocycles. The predicted molar refractivity (Wildman–Crippen MR) is 124 cm³/mol. The maximum Gasteiger partial charge on any atom is 0.331 e. The van der Waals surface area contributed by atoms with Gasteiger partial charge in [0.15, 0.2) is 0 Å². The molecule has 2 amide bonds. The average molecular weight is 409 g/mol. The van der Waals surface area contributed by atoms with Crippen LogP contribution in [0.25, 0.3) is 17.2 Å². The van der Waals surface area contributed by atoms with E-state index in [0.717, 1.165) is 35.2 Å². The van der Waals surface area contributed by atoms with Crippen LogP contribution in [0.5, 0.6) is 0 Å². The maximum absolute atomic E-state index is 12.4. The minimum atomic E-state index is -0.922. The van der Waals surface area contributed by atoms with Gasteiger partial charge in [0.1, 0.15) is 0 Å². The molecular formula is C25H32N2O3. The zero-order valence-electron chi connectivity index (χ0n) is 18.1. The quantitative estimate of drug-likeness (QED) is 0.376. The van der Waals surface area contributed by atoms with Gasteiger partial charge in [-0.1, -0.05) is 69.0 Å². The summed E-state index contributed by atoms with van der Waals surface area (Å²) in [4.78, 5) is 25.0. The molecule has 2 aromatic carbocycles. The van der Waals surface area contributed by atoms with Crippen LogP contribution in [0, 0.1) is 0 Å². The van der Waals surface area contributed by atoms with Crippen molar-refractivity contribution in [2.75, 3.05) is 18.5 Å². The number of unbranched alkanes of at least 4 members (excludes halogenated alkanes) is 4. The number of nitrogens with one attached hydrogen (secondary N) is 1. The van der Waals surface area contributed by atoms with Crippen molar-refractivity contribution in [1.29, 1.82) is 0 Å². The standard InChI is InChI=1S/C25H32N2O3/c1-4-5-6-7-8-16-26-25(30)27(3)23-11-9-10-22(18-23)21-14-12-20(13-15-21)17-19(2)24(28)29/h9-15,17-18H,4-8,16H2,1-3H3,(H,26,30)(H,28,29)/b19-17+. The summed E-state index contributed by atoms with van der Waals surface area (Å²) in [5.74, 6) is -0.922. The summed E-state index contributed by atoms with van der Waals surface area (Å²) in [5, 5.41) is 12.0. The van der Waals surface area contributed by atoms with Gasteiger partial charge >= 0.3 is 12.0 Å². The predicted octanol–water partition coefficient (Wildman–Crippen LogP) is 5.96. The van der Waals surface area contributed by atoms with Gasteiger partial charge in [-0.05, 0) is 48.2 Å². The lowest BCUT2D eigenvalue weighted by atomic mass is 10.0. The molecule has 2 rings (SSSR count). The third kappa shape index (κ3) is 7.07. The summed E-state index contributed by atoms with van der Waals surface area (Å²) in [5.41, 5.74) is 3.96. The van der Waals surface area contributed by atoms with Gasteiger partial charge in [-0.3, -0.25) is 4.90 Å². The molecule has 0 bridgehead atoms. The molecule has 0 fully saturated rings. The van der Waals surface area contributed by atoms with Crippen molar-refractivity contribution in [2.24, 2.45) is 0 Å². The summed E-state index contributed by atoms with van der Waals surface area (Å²) in [6.45, 7) is 4.46. The van der Waals surface area contributed by atoms with E-state index < -0.39 is 5.97 Å². The van der Waals surface area contributed by atoms with Crippen molar-refractivity contribution in [2.45, 2.75) is 46.0 Å². The van der Waals surface area contributed by atoms with Crippen LogP contribution in [0.3, 0.4) is 0 Å². The molecule has 0 aliphatic rings. The zero-order valence-corrected chi connectivity index (χ0v) is 18.1. The van der Waals surface area contributed by atoms with Crippen LogP contribution in [0.1, 0.15) is 51.5 Å². The number of carboxylic acids is 1. The third-order valence-corrected chi connectivity index (χ3v) is 5.06. The molecule has 5 nitrogen and oxygen atoms in total. The molecule has 0 unspecified atom stereocenters. The summed E-state index contributed by atoms with van der Waals surface area (Å²) in [6, 6.07) is 15.4. The van der Waals surface area contributed by atoms with Gasteiger partial charge in [-0.25, -0.2) is 9.59 Å². The van der Waals surface area contributed by atoms with Crippen LogP contribution in [-0.2, 0) is 4.79 Å². The Labute approximate surface area is 179 Å². The Bertz CT molecular complexity index is 872. The number of carbonyl (C=O) groups excluding carboxylic acids is 1. The average Bonchev–Trinajstić information content (AvgIpc) is 2.76. The number of hydrogen-bond acceptors (Lipinski definition) is 2. The van der Waals surface area contributed by atoms with E-state index in [1.54, 1.807) is 24.9 Å². The first kappa shape index (κ1) is 23.2. The van der Waals surface area contributed by atoms with Gasteiger partial charge in [0.25, 0.3) is 0 Å². The second-order valence-corrected chi connectivity index (χ2v) is 7.51. The second-order valence-electron chi connectivity index (χ2n) is 7.51. The van der Waals surface area contributed by atoms with Crippen LogP contribution >= 0.6 is 0 Å². The van der Waals surface area contributed by atoms with Gasteiger partial charge in [0, 0.05) is 24.9 Å². The topological polar surface area (TPSA) is 69.6 Å². The number of hydrogen-bond donors (Lipinski definition) is 2. The third-order valence-electron chi connectivity index (χ3n) is 5.06. The highest BCUT2D eigenvalue weighted by atomic mass is 16.4. The number of anilines is 1. The van der Waals surface area contributed by atoms with Gasteiger partial charge in [0.05, 0.1) is 0 Å². The van der Waals surface area contributed by atoms with Crippen molar-refractivity contribution < 1.29 is 14.7 Å². The molecular weight excluding hydrogens is 376 g/mol. The minimum Gasteiger partial charge on any atom is -0.478 e. The molecule has 0 saturated heterocycles.